The summed E-state index contributed by atoms with van der Waals surface area (Å²) in [6, 6.07) is 28.8. The molecule has 5 heteroatoms. The van der Waals surface area contributed by atoms with Crippen molar-refractivity contribution in [1.29, 1.82) is 0 Å². The van der Waals surface area contributed by atoms with Gasteiger partial charge in [-0.25, -0.2) is 4.79 Å². The van der Waals surface area contributed by atoms with Crippen LogP contribution in [0.4, 0.5) is 0 Å². The van der Waals surface area contributed by atoms with Crippen LogP contribution in [0.3, 0.4) is 0 Å². The molecule has 4 rings (SSSR count). The van der Waals surface area contributed by atoms with Gasteiger partial charge in [0, 0.05) is 12.3 Å². The van der Waals surface area contributed by atoms with Crippen LogP contribution in [0, 0.1) is 5.92 Å². The predicted molar refractivity (Wildman–Crippen MR) is 128 cm³/mol. The maximum atomic E-state index is 13.2. The second kappa shape index (κ2) is 9.59. The number of benzene rings is 3. The molecule has 3 aromatic carbocycles. The Morgan fingerprint density at radius 1 is 0.909 bits per heavy atom. The Morgan fingerprint density at radius 2 is 1.42 bits per heavy atom. The first-order valence-electron chi connectivity index (χ1n) is 11.4. The summed E-state index contributed by atoms with van der Waals surface area (Å²) in [5.41, 5.74) is 7.70. The average Bonchev–Trinajstić information content (AvgIpc) is 3.23. The first-order valence-corrected chi connectivity index (χ1v) is 11.4. The number of quaternary nitrogens is 1. The van der Waals surface area contributed by atoms with Crippen LogP contribution in [0.15, 0.2) is 91.0 Å². The summed E-state index contributed by atoms with van der Waals surface area (Å²) in [4.78, 5) is 25.5. The minimum Gasteiger partial charge on any atom is -0.456 e. The van der Waals surface area contributed by atoms with Gasteiger partial charge < -0.3 is 15.0 Å². The molecule has 0 saturated carbocycles. The molecule has 1 aliphatic heterocycles. The van der Waals surface area contributed by atoms with Crippen LogP contribution in [-0.2, 0) is 14.9 Å². The Bertz CT molecular complexity index is 1050. The van der Waals surface area contributed by atoms with E-state index in [1.807, 2.05) is 78.9 Å². The number of likely N-dealkylation sites (N-methyl/N-ethyl adjacent to an activating group) is 1. The van der Waals surface area contributed by atoms with E-state index in [1.54, 1.807) is 12.1 Å². The number of carbonyl (C=O) groups excluding carboxylic acids is 2. The number of hydrogen-bond acceptors (Lipinski definition) is 3. The zero-order valence-electron chi connectivity index (χ0n) is 19.0. The zero-order valence-corrected chi connectivity index (χ0v) is 19.0. The maximum absolute atomic E-state index is 13.2. The predicted octanol–water partition coefficient (Wildman–Crippen LogP) is 3.78. The molecule has 1 saturated heterocycles. The van der Waals surface area contributed by atoms with Crippen molar-refractivity contribution in [2.45, 2.75) is 11.8 Å². The van der Waals surface area contributed by atoms with Crippen LogP contribution >= 0.6 is 0 Å². The molecular weight excluding hydrogens is 412 g/mol. The van der Waals surface area contributed by atoms with Crippen molar-refractivity contribution in [2.24, 2.45) is 11.7 Å². The molecule has 0 aliphatic carbocycles. The monoisotopic (exact) mass is 443 g/mol. The minimum atomic E-state index is -0.904. The standard InChI is InChI=1S/C28H30N2O3/c1-30(19-20-33-26(31)22-11-5-2-6-12-22)18-17-25(21-30)28(27(29)32,23-13-7-3-8-14-23)24-15-9-4-10-16-24/h2-16,25H,17-21H2,1H3,(H-,29,32)/p+1. The summed E-state index contributed by atoms with van der Waals surface area (Å²) in [6.45, 7) is 2.68. The fourth-order valence-corrected chi connectivity index (χ4v) is 5.28. The number of rotatable bonds is 8. The lowest BCUT2D eigenvalue weighted by atomic mass is 9.64. The van der Waals surface area contributed by atoms with E-state index in [0.29, 0.717) is 18.7 Å². The van der Waals surface area contributed by atoms with E-state index in [9.17, 15) is 9.59 Å². The molecule has 3 aromatic rings. The summed E-state index contributed by atoms with van der Waals surface area (Å²) >= 11 is 0. The molecule has 1 heterocycles. The Morgan fingerprint density at radius 3 is 1.94 bits per heavy atom. The molecule has 170 valence electrons. The number of ether oxygens (including phenoxy) is 1. The molecule has 5 nitrogen and oxygen atoms in total. The number of carbonyl (C=O) groups is 2. The van der Waals surface area contributed by atoms with Gasteiger partial charge in [0.2, 0.25) is 5.91 Å². The lowest BCUT2D eigenvalue weighted by Crippen LogP contribution is -2.51. The number of nitrogens with two attached hydrogens (primary N) is 1. The van der Waals surface area contributed by atoms with Crippen molar-refractivity contribution in [3.63, 3.8) is 0 Å². The van der Waals surface area contributed by atoms with Gasteiger partial charge in [0.15, 0.2) is 0 Å². The quantitative estimate of drug-likeness (QED) is 0.426. The van der Waals surface area contributed by atoms with Gasteiger partial charge in [-0.3, -0.25) is 4.79 Å². The number of hydrogen-bond donors (Lipinski definition) is 1. The van der Waals surface area contributed by atoms with E-state index >= 15 is 0 Å². The van der Waals surface area contributed by atoms with Gasteiger partial charge in [0.1, 0.15) is 18.6 Å². The number of amides is 1. The minimum absolute atomic E-state index is 0.0367. The van der Waals surface area contributed by atoms with Gasteiger partial charge >= 0.3 is 5.97 Å². The third-order valence-electron chi connectivity index (χ3n) is 7.01. The molecule has 2 unspecified atom stereocenters. The zero-order chi connectivity index (χ0) is 23.3. The van der Waals surface area contributed by atoms with Gasteiger partial charge in [-0.2, -0.15) is 0 Å². The summed E-state index contributed by atoms with van der Waals surface area (Å²) in [5, 5.41) is 0. The van der Waals surface area contributed by atoms with E-state index in [4.69, 9.17) is 10.5 Å². The molecule has 0 spiro atoms. The molecule has 2 atom stereocenters. The van der Waals surface area contributed by atoms with Crippen LogP contribution in [0.1, 0.15) is 27.9 Å². The fourth-order valence-electron chi connectivity index (χ4n) is 5.28. The highest BCUT2D eigenvalue weighted by atomic mass is 16.5. The summed E-state index contributed by atoms with van der Waals surface area (Å²) in [7, 11) is 2.16. The van der Waals surface area contributed by atoms with Gasteiger partial charge in [-0.05, 0) is 23.3 Å². The first kappa shape index (κ1) is 22.7. The van der Waals surface area contributed by atoms with Gasteiger partial charge in [-0.15, -0.1) is 0 Å². The van der Waals surface area contributed by atoms with Crippen molar-refractivity contribution < 1.29 is 18.8 Å². The molecule has 2 N–H and O–H groups in total. The smallest absolute Gasteiger partial charge is 0.338 e. The van der Waals surface area contributed by atoms with Crippen molar-refractivity contribution >= 4 is 11.9 Å². The second-order valence-corrected chi connectivity index (χ2v) is 9.14. The lowest BCUT2D eigenvalue weighted by Gasteiger charge is -2.38. The topological polar surface area (TPSA) is 69.4 Å². The number of nitrogens with zero attached hydrogens (tertiary/aromatic N) is 1. The molecule has 33 heavy (non-hydrogen) atoms. The van der Waals surface area contributed by atoms with Crippen molar-refractivity contribution in [3.05, 3.63) is 108 Å². The van der Waals surface area contributed by atoms with Crippen molar-refractivity contribution in [2.75, 3.05) is 33.3 Å². The molecule has 1 amide bonds. The van der Waals surface area contributed by atoms with Gasteiger partial charge in [-0.1, -0.05) is 78.9 Å². The highest BCUT2D eigenvalue weighted by Gasteiger charge is 2.53. The van der Waals surface area contributed by atoms with Crippen LogP contribution in [-0.4, -0.2) is 49.6 Å². The van der Waals surface area contributed by atoms with E-state index in [-0.39, 0.29) is 17.8 Å². The first-order chi connectivity index (χ1) is 16.0. The molecule has 1 aliphatic rings. The number of esters is 1. The summed E-state index contributed by atoms with van der Waals surface area (Å²) < 4.78 is 6.27. The molecule has 1 fully saturated rings. The molecule has 0 bridgehead atoms. The fraction of sp³-hybridized carbons (Fsp3) is 0.286. The molecule has 0 aromatic heterocycles. The third-order valence-corrected chi connectivity index (χ3v) is 7.01. The molecule has 0 radical (unpaired) electrons. The Labute approximate surface area is 195 Å². The summed E-state index contributed by atoms with van der Waals surface area (Å²) in [6.07, 6.45) is 0.857. The highest BCUT2D eigenvalue weighted by Crippen LogP contribution is 2.44. The van der Waals surface area contributed by atoms with E-state index in [2.05, 4.69) is 7.05 Å². The van der Waals surface area contributed by atoms with E-state index < -0.39 is 5.41 Å². The van der Waals surface area contributed by atoms with Crippen LogP contribution in [0.25, 0.3) is 0 Å². The molecular formula is C28H31N2O3+. The van der Waals surface area contributed by atoms with Crippen molar-refractivity contribution in [1.82, 2.24) is 0 Å². The number of primary amides is 1. The lowest BCUT2D eigenvalue weighted by molar-refractivity contribution is -0.899. The van der Waals surface area contributed by atoms with E-state index in [0.717, 1.165) is 35.1 Å². The maximum Gasteiger partial charge on any atom is 0.338 e. The SMILES string of the molecule is C[N+]1(CCOC(=O)c2ccccc2)CCC(C(C(N)=O)(c2ccccc2)c2ccccc2)C1. The third kappa shape index (κ3) is 4.55. The highest BCUT2D eigenvalue weighted by molar-refractivity contribution is 5.91. The van der Waals surface area contributed by atoms with Crippen LogP contribution in [0.5, 0.6) is 0 Å². The Balaban J connectivity index is 1.55. The summed E-state index contributed by atoms with van der Waals surface area (Å²) in [5.74, 6) is -0.596. The average molecular weight is 444 g/mol. The van der Waals surface area contributed by atoms with Crippen LogP contribution in [0.2, 0.25) is 0 Å². The van der Waals surface area contributed by atoms with Gasteiger partial charge in [0.05, 0.1) is 25.7 Å². The largest absolute Gasteiger partial charge is 0.456 e. The number of likely N-dealkylation sites (tertiary alicyclic amines) is 1. The van der Waals surface area contributed by atoms with Crippen molar-refractivity contribution in [3.8, 4) is 0 Å². The second-order valence-electron chi connectivity index (χ2n) is 9.14. The normalized spacial score (nSPS) is 20.3. The van der Waals surface area contributed by atoms with Gasteiger partial charge in [0.25, 0.3) is 0 Å². The Hall–Kier alpha value is -3.44. The Kier molecular flexibility index (Phi) is 6.61. The van der Waals surface area contributed by atoms with E-state index in [1.165, 1.54) is 0 Å². The van der Waals surface area contributed by atoms with Crippen LogP contribution < -0.4 is 5.73 Å².